The van der Waals surface area contributed by atoms with Crippen LogP contribution in [0.5, 0.6) is 0 Å². The molecule has 0 aliphatic carbocycles. The van der Waals surface area contributed by atoms with E-state index in [1.54, 1.807) is 0 Å². The maximum absolute atomic E-state index is 9.47. The summed E-state index contributed by atoms with van der Waals surface area (Å²) in [5.41, 5.74) is 1.03. The Bertz CT molecular complexity index is 330. The van der Waals surface area contributed by atoms with Crippen molar-refractivity contribution >= 4 is 0 Å². The molecule has 1 rings (SSSR count). The number of nitrogens with zero attached hydrogens (tertiary/aromatic N) is 1. The Morgan fingerprint density at radius 2 is 1.50 bits per heavy atom. The fourth-order valence-electron chi connectivity index (χ4n) is 2.63. The lowest BCUT2D eigenvalue weighted by molar-refractivity contribution is 0.199. The van der Waals surface area contributed by atoms with Crippen molar-refractivity contribution in [1.82, 2.24) is 4.57 Å². The molecule has 1 heterocycles. The predicted octanol–water partition coefficient (Wildman–Crippen LogP) is 5.46. The third-order valence-corrected chi connectivity index (χ3v) is 4.03. The number of unbranched alkanes of at least 4 members (excludes halogenated alkanes) is 9. The summed E-state index contributed by atoms with van der Waals surface area (Å²) in [6.07, 6.45) is 17.6. The molecular weight excluding hydrogens is 246 g/mol. The SMILES string of the molecule is CCCCCCCCCCCCn1ccc(C(C)O)c1. The van der Waals surface area contributed by atoms with E-state index in [4.69, 9.17) is 0 Å². The fraction of sp³-hybridized carbons (Fsp3) is 0.778. The van der Waals surface area contributed by atoms with Crippen molar-refractivity contribution in [3.8, 4) is 0 Å². The minimum absolute atomic E-state index is 0.344. The van der Waals surface area contributed by atoms with Gasteiger partial charge in [0.15, 0.2) is 0 Å². The van der Waals surface area contributed by atoms with Crippen LogP contribution in [0.1, 0.15) is 89.7 Å². The summed E-state index contributed by atoms with van der Waals surface area (Å²) in [6.45, 7) is 5.18. The van der Waals surface area contributed by atoms with Crippen LogP contribution < -0.4 is 0 Å². The molecular formula is C18H33NO. The lowest BCUT2D eigenvalue weighted by Crippen LogP contribution is -1.95. The van der Waals surface area contributed by atoms with Gasteiger partial charge in [-0.25, -0.2) is 0 Å². The van der Waals surface area contributed by atoms with E-state index in [-0.39, 0.29) is 6.10 Å². The van der Waals surface area contributed by atoms with E-state index in [1.165, 1.54) is 64.2 Å². The van der Waals surface area contributed by atoms with Crippen molar-refractivity contribution in [1.29, 1.82) is 0 Å². The monoisotopic (exact) mass is 279 g/mol. The van der Waals surface area contributed by atoms with Gasteiger partial charge in [0.2, 0.25) is 0 Å². The van der Waals surface area contributed by atoms with Crippen molar-refractivity contribution in [2.45, 2.75) is 90.7 Å². The highest BCUT2D eigenvalue weighted by Gasteiger charge is 2.02. The molecule has 2 heteroatoms. The second-order valence-electron chi connectivity index (χ2n) is 6.04. The number of rotatable bonds is 12. The zero-order valence-corrected chi connectivity index (χ0v) is 13.5. The van der Waals surface area contributed by atoms with Gasteiger partial charge in [0.05, 0.1) is 6.10 Å². The summed E-state index contributed by atoms with van der Waals surface area (Å²) in [7, 11) is 0. The number of hydrogen-bond acceptors (Lipinski definition) is 1. The van der Waals surface area contributed by atoms with Gasteiger partial charge in [0, 0.05) is 18.9 Å². The third kappa shape index (κ3) is 7.74. The van der Waals surface area contributed by atoms with Crippen LogP contribution in [-0.4, -0.2) is 9.67 Å². The average molecular weight is 279 g/mol. The van der Waals surface area contributed by atoms with Gasteiger partial charge in [-0.3, -0.25) is 0 Å². The fourth-order valence-corrected chi connectivity index (χ4v) is 2.63. The van der Waals surface area contributed by atoms with Gasteiger partial charge in [-0.2, -0.15) is 0 Å². The van der Waals surface area contributed by atoms with Crippen LogP contribution in [0.4, 0.5) is 0 Å². The van der Waals surface area contributed by atoms with Crippen LogP contribution >= 0.6 is 0 Å². The molecule has 0 spiro atoms. The van der Waals surface area contributed by atoms with Crippen molar-refractivity contribution in [2.24, 2.45) is 0 Å². The number of aromatic nitrogens is 1. The Labute approximate surface area is 125 Å². The first-order valence-electron chi connectivity index (χ1n) is 8.57. The van der Waals surface area contributed by atoms with E-state index in [9.17, 15) is 5.11 Å². The summed E-state index contributed by atoms with van der Waals surface area (Å²) in [5.74, 6) is 0. The lowest BCUT2D eigenvalue weighted by Gasteiger charge is -2.04. The molecule has 0 aromatic carbocycles. The number of aliphatic hydroxyl groups is 1. The Hall–Kier alpha value is -0.760. The van der Waals surface area contributed by atoms with E-state index >= 15 is 0 Å². The highest BCUT2D eigenvalue weighted by atomic mass is 16.3. The van der Waals surface area contributed by atoms with Crippen LogP contribution in [0.15, 0.2) is 18.5 Å². The van der Waals surface area contributed by atoms with Crippen molar-refractivity contribution in [3.63, 3.8) is 0 Å². The molecule has 0 fully saturated rings. The Morgan fingerprint density at radius 3 is 2.00 bits per heavy atom. The predicted molar refractivity (Wildman–Crippen MR) is 86.9 cm³/mol. The average Bonchev–Trinajstić information content (AvgIpc) is 2.90. The molecule has 1 N–H and O–H groups in total. The van der Waals surface area contributed by atoms with E-state index in [0.29, 0.717) is 0 Å². The van der Waals surface area contributed by atoms with E-state index in [0.717, 1.165) is 12.1 Å². The molecule has 116 valence electrons. The molecule has 1 aromatic heterocycles. The van der Waals surface area contributed by atoms with Crippen LogP contribution in [0.25, 0.3) is 0 Å². The molecule has 1 aromatic rings. The molecule has 0 bridgehead atoms. The molecule has 0 aliphatic rings. The second-order valence-corrected chi connectivity index (χ2v) is 6.04. The molecule has 2 nitrogen and oxygen atoms in total. The molecule has 0 amide bonds. The summed E-state index contributed by atoms with van der Waals surface area (Å²) < 4.78 is 2.20. The molecule has 0 radical (unpaired) electrons. The standard InChI is InChI=1S/C18H33NO/c1-3-4-5-6-7-8-9-10-11-12-14-19-15-13-18(16-19)17(2)20/h13,15-17,20H,3-12,14H2,1-2H3. The number of aryl methyl sites for hydroxylation is 1. The zero-order valence-electron chi connectivity index (χ0n) is 13.5. The van der Waals surface area contributed by atoms with Gasteiger partial charge in [0.1, 0.15) is 0 Å². The molecule has 20 heavy (non-hydrogen) atoms. The van der Waals surface area contributed by atoms with Crippen LogP contribution in [-0.2, 0) is 6.54 Å². The Kier molecular flexibility index (Phi) is 9.48. The first-order chi connectivity index (χ1) is 9.74. The number of hydrogen-bond donors (Lipinski definition) is 1. The van der Waals surface area contributed by atoms with Gasteiger partial charge in [-0.05, 0) is 25.0 Å². The quantitative estimate of drug-likeness (QED) is 0.505. The van der Waals surface area contributed by atoms with Crippen LogP contribution in [0.3, 0.4) is 0 Å². The van der Waals surface area contributed by atoms with E-state index < -0.39 is 0 Å². The van der Waals surface area contributed by atoms with Gasteiger partial charge < -0.3 is 9.67 Å². The van der Waals surface area contributed by atoms with E-state index in [2.05, 4.69) is 23.9 Å². The summed E-state index contributed by atoms with van der Waals surface area (Å²) >= 11 is 0. The molecule has 0 saturated carbocycles. The van der Waals surface area contributed by atoms with E-state index in [1.807, 2.05) is 13.0 Å². The highest BCUT2D eigenvalue weighted by Crippen LogP contribution is 2.14. The topological polar surface area (TPSA) is 25.2 Å². The largest absolute Gasteiger partial charge is 0.389 e. The molecule has 0 aliphatic heterocycles. The minimum Gasteiger partial charge on any atom is -0.389 e. The normalized spacial score (nSPS) is 12.8. The van der Waals surface area contributed by atoms with Gasteiger partial charge >= 0.3 is 0 Å². The molecule has 1 unspecified atom stereocenters. The lowest BCUT2D eigenvalue weighted by atomic mass is 10.1. The molecule has 0 saturated heterocycles. The Morgan fingerprint density at radius 1 is 0.950 bits per heavy atom. The second kappa shape index (κ2) is 11.0. The molecule has 1 atom stereocenters. The van der Waals surface area contributed by atoms with Gasteiger partial charge in [-0.15, -0.1) is 0 Å². The van der Waals surface area contributed by atoms with Gasteiger partial charge in [-0.1, -0.05) is 64.7 Å². The zero-order chi connectivity index (χ0) is 14.6. The first kappa shape index (κ1) is 17.3. The summed E-state index contributed by atoms with van der Waals surface area (Å²) in [4.78, 5) is 0. The van der Waals surface area contributed by atoms with Crippen LogP contribution in [0.2, 0.25) is 0 Å². The smallest absolute Gasteiger partial charge is 0.0776 e. The Balaban J connectivity index is 1.91. The maximum Gasteiger partial charge on any atom is 0.0776 e. The van der Waals surface area contributed by atoms with Crippen molar-refractivity contribution in [2.75, 3.05) is 0 Å². The highest BCUT2D eigenvalue weighted by molar-refractivity contribution is 5.12. The van der Waals surface area contributed by atoms with Crippen LogP contribution in [0, 0.1) is 0 Å². The minimum atomic E-state index is -0.344. The summed E-state index contributed by atoms with van der Waals surface area (Å²) in [6, 6.07) is 2.01. The van der Waals surface area contributed by atoms with Crippen molar-refractivity contribution < 1.29 is 5.11 Å². The maximum atomic E-state index is 9.47. The van der Waals surface area contributed by atoms with Crippen molar-refractivity contribution in [3.05, 3.63) is 24.0 Å². The number of aliphatic hydroxyl groups excluding tert-OH is 1. The van der Waals surface area contributed by atoms with Gasteiger partial charge in [0.25, 0.3) is 0 Å². The first-order valence-corrected chi connectivity index (χ1v) is 8.57. The third-order valence-electron chi connectivity index (χ3n) is 4.03. The summed E-state index contributed by atoms with van der Waals surface area (Å²) in [5, 5.41) is 9.47.